The number of phenolic OH excluding ortho intramolecular Hbond substituents is 1. The highest BCUT2D eigenvalue weighted by Gasteiger charge is 2.21. The van der Waals surface area contributed by atoms with Crippen molar-refractivity contribution >= 4 is 23.3 Å². The number of carbonyl (C=O) groups excluding carboxylic acids is 3. The van der Waals surface area contributed by atoms with Gasteiger partial charge in [-0.05, 0) is 32.4 Å². The molecule has 2 rings (SSSR count). The predicted molar refractivity (Wildman–Crippen MR) is 193 cm³/mol. The van der Waals surface area contributed by atoms with E-state index < -0.39 is 5.91 Å². The fourth-order valence-electron chi connectivity index (χ4n) is 5.19. The van der Waals surface area contributed by atoms with E-state index in [4.69, 9.17) is 9.47 Å². The molecule has 0 bridgehead atoms. The second-order valence-corrected chi connectivity index (χ2v) is 12.1. The molecule has 0 saturated carbocycles. The first-order valence-corrected chi connectivity index (χ1v) is 17.4. The molecule has 0 aliphatic heterocycles. The first-order chi connectivity index (χ1) is 22.7. The lowest BCUT2D eigenvalue weighted by Gasteiger charge is -2.16. The van der Waals surface area contributed by atoms with E-state index in [1.165, 1.54) is 109 Å². The molecule has 7 heteroatoms. The van der Waals surface area contributed by atoms with E-state index in [-0.39, 0.29) is 23.1 Å². The molecule has 0 spiro atoms. The van der Waals surface area contributed by atoms with Crippen LogP contribution in [-0.2, 0) is 14.3 Å². The zero-order chi connectivity index (χ0) is 34.9. The third-order valence-electron chi connectivity index (χ3n) is 7.99. The van der Waals surface area contributed by atoms with Gasteiger partial charge < -0.3 is 19.9 Å². The fourth-order valence-corrected chi connectivity index (χ4v) is 5.19. The number of phenols is 1. The van der Waals surface area contributed by atoms with Gasteiger partial charge in [-0.1, -0.05) is 147 Å². The molecule has 1 amide bonds. The van der Waals surface area contributed by atoms with Crippen LogP contribution in [0.4, 0.5) is 5.69 Å². The molecular formula is C40H59NO6. The van der Waals surface area contributed by atoms with E-state index in [9.17, 15) is 19.5 Å². The molecule has 2 aromatic carbocycles. The molecule has 0 radical (unpaired) electrons. The lowest BCUT2D eigenvalue weighted by atomic mass is 9.98. The van der Waals surface area contributed by atoms with Crippen molar-refractivity contribution in [3.05, 3.63) is 77.9 Å². The van der Waals surface area contributed by atoms with E-state index >= 15 is 0 Å². The Balaban J connectivity index is 0.000000470. The van der Waals surface area contributed by atoms with Crippen LogP contribution in [0.25, 0.3) is 0 Å². The molecule has 47 heavy (non-hydrogen) atoms. The SMILES string of the molecule is C=C(C)C(=O)OCCCCCCCCCCCCCCCCCC.C=CC(=O)Nc1cc(C(=O)c2ccccc2)c(O)c(C)c1OC. The van der Waals surface area contributed by atoms with Gasteiger partial charge in [0.25, 0.3) is 0 Å². The summed E-state index contributed by atoms with van der Waals surface area (Å²) in [6, 6.07) is 9.98. The number of nitrogens with one attached hydrogen (secondary N) is 1. The van der Waals surface area contributed by atoms with Crippen LogP contribution in [0.1, 0.15) is 138 Å². The Hall–Kier alpha value is -3.87. The quantitative estimate of drug-likeness (QED) is 0.0408. The van der Waals surface area contributed by atoms with Gasteiger partial charge in [-0.3, -0.25) is 9.59 Å². The number of esters is 1. The first-order valence-electron chi connectivity index (χ1n) is 17.4. The summed E-state index contributed by atoms with van der Waals surface area (Å²) >= 11 is 0. The van der Waals surface area contributed by atoms with Crippen molar-refractivity contribution < 1.29 is 29.0 Å². The highest BCUT2D eigenvalue weighted by atomic mass is 16.5. The Labute approximate surface area is 283 Å². The van der Waals surface area contributed by atoms with Gasteiger partial charge in [0.2, 0.25) is 5.91 Å². The molecule has 0 atom stereocenters. The van der Waals surface area contributed by atoms with Gasteiger partial charge in [-0.15, -0.1) is 0 Å². The maximum atomic E-state index is 12.6. The molecule has 2 N–H and O–H groups in total. The molecule has 0 aromatic heterocycles. The second kappa shape index (κ2) is 25.2. The summed E-state index contributed by atoms with van der Waals surface area (Å²) in [5.74, 6) is -0.917. The Kier molecular flexibility index (Phi) is 22.1. The fraction of sp³-hybridized carbons (Fsp3) is 0.525. The van der Waals surface area contributed by atoms with Gasteiger partial charge in [0, 0.05) is 16.7 Å². The third kappa shape index (κ3) is 17.0. The van der Waals surface area contributed by atoms with Crippen molar-refractivity contribution in [3.63, 3.8) is 0 Å². The van der Waals surface area contributed by atoms with Crippen LogP contribution in [0.2, 0.25) is 0 Å². The highest BCUT2D eigenvalue weighted by Crippen LogP contribution is 2.38. The second-order valence-electron chi connectivity index (χ2n) is 12.1. The minimum Gasteiger partial charge on any atom is -0.507 e. The van der Waals surface area contributed by atoms with Crippen LogP contribution in [0.3, 0.4) is 0 Å². The van der Waals surface area contributed by atoms with E-state index in [1.54, 1.807) is 44.2 Å². The van der Waals surface area contributed by atoms with Gasteiger partial charge in [0.1, 0.15) is 11.5 Å². The molecule has 0 aliphatic carbocycles. The van der Waals surface area contributed by atoms with Gasteiger partial charge >= 0.3 is 5.97 Å². The number of ketones is 1. The first kappa shape index (κ1) is 41.2. The Morgan fingerprint density at radius 2 is 1.32 bits per heavy atom. The number of benzene rings is 2. The van der Waals surface area contributed by atoms with Crippen molar-refractivity contribution in [2.75, 3.05) is 19.0 Å². The van der Waals surface area contributed by atoms with Crippen LogP contribution < -0.4 is 10.1 Å². The average molecular weight is 650 g/mol. The summed E-state index contributed by atoms with van der Waals surface area (Å²) in [6.45, 7) is 13.1. The average Bonchev–Trinajstić information content (AvgIpc) is 3.08. The molecule has 0 heterocycles. The normalized spacial score (nSPS) is 10.4. The van der Waals surface area contributed by atoms with Crippen molar-refractivity contribution in [1.82, 2.24) is 0 Å². The number of hydrogen-bond acceptors (Lipinski definition) is 6. The van der Waals surface area contributed by atoms with Gasteiger partial charge in [-0.2, -0.15) is 0 Å². The monoisotopic (exact) mass is 649 g/mol. The lowest BCUT2D eigenvalue weighted by Crippen LogP contribution is -2.11. The van der Waals surface area contributed by atoms with Crippen molar-refractivity contribution in [2.24, 2.45) is 0 Å². The van der Waals surface area contributed by atoms with Gasteiger partial charge in [-0.25, -0.2) is 4.79 Å². The number of aromatic hydroxyl groups is 1. The summed E-state index contributed by atoms with van der Waals surface area (Å²) in [4.78, 5) is 35.3. The number of carbonyl (C=O) groups is 3. The molecule has 7 nitrogen and oxygen atoms in total. The molecule has 2 aromatic rings. The number of anilines is 1. The Morgan fingerprint density at radius 1 is 0.830 bits per heavy atom. The number of ether oxygens (including phenoxy) is 2. The van der Waals surface area contributed by atoms with Gasteiger partial charge in [0.05, 0.1) is 25.0 Å². The summed E-state index contributed by atoms with van der Waals surface area (Å²) in [7, 11) is 1.42. The summed E-state index contributed by atoms with van der Waals surface area (Å²) in [5, 5.41) is 12.9. The van der Waals surface area contributed by atoms with E-state index in [0.29, 0.717) is 34.7 Å². The maximum Gasteiger partial charge on any atom is 0.333 e. The van der Waals surface area contributed by atoms with E-state index in [2.05, 4.69) is 25.4 Å². The minimum absolute atomic E-state index is 0.0915. The van der Waals surface area contributed by atoms with Crippen LogP contribution in [0.5, 0.6) is 11.5 Å². The van der Waals surface area contributed by atoms with Gasteiger partial charge in [0.15, 0.2) is 5.78 Å². The smallest absolute Gasteiger partial charge is 0.333 e. The molecular weight excluding hydrogens is 590 g/mol. The van der Waals surface area contributed by atoms with Crippen LogP contribution >= 0.6 is 0 Å². The molecule has 260 valence electrons. The number of rotatable bonds is 23. The Morgan fingerprint density at radius 3 is 1.77 bits per heavy atom. The van der Waals surface area contributed by atoms with E-state index in [1.807, 2.05) is 0 Å². The van der Waals surface area contributed by atoms with Crippen molar-refractivity contribution in [1.29, 1.82) is 0 Å². The van der Waals surface area contributed by atoms with Crippen LogP contribution in [0.15, 0.2) is 61.2 Å². The number of hydrogen-bond donors (Lipinski definition) is 2. The zero-order valence-electron chi connectivity index (χ0n) is 29.5. The largest absolute Gasteiger partial charge is 0.507 e. The number of amides is 1. The topological polar surface area (TPSA) is 102 Å². The summed E-state index contributed by atoms with van der Waals surface area (Å²) in [5.41, 5.74) is 1.69. The highest BCUT2D eigenvalue weighted by molar-refractivity contribution is 6.12. The standard InChI is InChI=1S/C22H42O2.C18H17NO4/c1-4-5-6-7-8-9-10-11-12-13-14-15-16-17-18-19-20-24-22(23)21(2)3;1-4-15(20)19-14-10-13(16(21)11(2)18(14)23-3)17(22)12-8-6-5-7-9-12/h2,4-20H2,1,3H3;4-10,21H,1H2,2-3H3,(H,19,20). The van der Waals surface area contributed by atoms with Crippen LogP contribution in [-0.4, -0.2) is 36.5 Å². The Bertz CT molecular complexity index is 1240. The molecule has 0 fully saturated rings. The lowest BCUT2D eigenvalue weighted by molar-refractivity contribution is -0.139. The number of unbranched alkanes of at least 4 members (excludes halogenated alkanes) is 15. The van der Waals surface area contributed by atoms with Crippen molar-refractivity contribution in [2.45, 2.75) is 124 Å². The molecule has 0 saturated heterocycles. The third-order valence-corrected chi connectivity index (χ3v) is 7.99. The maximum absolute atomic E-state index is 12.6. The minimum atomic E-state index is -0.438. The summed E-state index contributed by atoms with van der Waals surface area (Å²) in [6.07, 6.45) is 22.8. The number of methoxy groups -OCH3 is 1. The summed E-state index contributed by atoms with van der Waals surface area (Å²) < 4.78 is 10.3. The van der Waals surface area contributed by atoms with Crippen molar-refractivity contribution in [3.8, 4) is 11.5 Å². The van der Waals surface area contributed by atoms with E-state index in [0.717, 1.165) is 12.5 Å². The zero-order valence-corrected chi connectivity index (χ0v) is 29.5. The predicted octanol–water partition coefficient (Wildman–Crippen LogP) is 10.4. The molecule has 0 aliphatic rings. The van der Waals surface area contributed by atoms with Crippen LogP contribution in [0, 0.1) is 6.92 Å². The molecule has 0 unspecified atom stereocenters.